The van der Waals surface area contributed by atoms with Gasteiger partial charge in [-0.1, -0.05) is 0 Å². The second-order valence-corrected chi connectivity index (χ2v) is 9.05. The van der Waals surface area contributed by atoms with Gasteiger partial charge in [0, 0.05) is 0 Å². The minimum atomic E-state index is -2.35. The molecule has 3 aromatic carbocycles. The number of hydrogen-bond acceptors (Lipinski definition) is 2. The maximum absolute atomic E-state index is 9.16. The normalized spacial score (nSPS) is 12.2. The molecule has 0 fully saturated rings. The Labute approximate surface area is 137 Å². The molecule has 2 nitrogen and oxygen atoms in total. The first kappa shape index (κ1) is 15.5. The zero-order chi connectivity index (χ0) is 16.0. The third kappa shape index (κ3) is 3.05. The van der Waals surface area contributed by atoms with E-state index in [0.717, 1.165) is 0 Å². The van der Waals surface area contributed by atoms with E-state index in [0.29, 0.717) is 0 Å². The van der Waals surface area contributed by atoms with E-state index < -0.39 is 7.26 Å². The van der Waals surface area contributed by atoms with Crippen molar-refractivity contribution < 1.29 is 5.21 Å². The molecule has 0 aliphatic heterocycles. The van der Waals surface area contributed by atoms with Gasteiger partial charge in [0.2, 0.25) is 0 Å². The van der Waals surface area contributed by atoms with E-state index in [4.69, 9.17) is 5.21 Å². The van der Waals surface area contributed by atoms with Crippen molar-refractivity contribution in [3.8, 4) is 0 Å². The molecule has 3 rings (SSSR count). The number of hydroxylamine groups is 1. The predicted molar refractivity (Wildman–Crippen MR) is 101 cm³/mol. The third-order valence-electron chi connectivity index (χ3n) is 4.10. The Balaban J connectivity index is 2.33. The van der Waals surface area contributed by atoms with Gasteiger partial charge in [-0.3, -0.25) is 0 Å². The first-order chi connectivity index (χ1) is 11.4. The molecule has 0 aromatic heterocycles. The summed E-state index contributed by atoms with van der Waals surface area (Å²) in [6.07, 6.45) is 1.64. The summed E-state index contributed by atoms with van der Waals surface area (Å²) in [6.45, 7) is 0. The van der Waals surface area contributed by atoms with Gasteiger partial charge in [-0.2, -0.15) is 0 Å². The molecule has 0 radical (unpaired) electrons. The summed E-state index contributed by atoms with van der Waals surface area (Å²) in [5, 5.41) is 13.0. The molecule has 3 heteroatoms. The van der Waals surface area contributed by atoms with Gasteiger partial charge in [0.15, 0.2) is 0 Å². The Kier molecular flexibility index (Phi) is 4.87. The summed E-state index contributed by atoms with van der Waals surface area (Å²) in [5.41, 5.74) is 2.19. The van der Waals surface area contributed by atoms with Crippen molar-refractivity contribution in [3.05, 3.63) is 103 Å². The summed E-state index contributed by atoms with van der Waals surface area (Å²) >= 11 is 0. The molecule has 0 aliphatic rings. The zero-order valence-corrected chi connectivity index (χ0v) is 13.8. The van der Waals surface area contributed by atoms with Gasteiger partial charge in [-0.15, -0.1) is 0 Å². The van der Waals surface area contributed by atoms with Gasteiger partial charge in [-0.05, 0) is 0 Å². The predicted octanol–water partition coefficient (Wildman–Crippen LogP) is 3.16. The molecular formula is C20H20NOP. The standard InChI is InChI=1S/C20H20NOP/c22-21-16-17-23(18-10-4-1-5-11-18,19-12-6-2-7-13-19)20-14-8-3-9-15-20/h1-17,21-23H. The van der Waals surface area contributed by atoms with Crippen molar-refractivity contribution in [1.29, 1.82) is 0 Å². The minimum absolute atomic E-state index is 1.28. The maximum atomic E-state index is 9.16. The van der Waals surface area contributed by atoms with Crippen molar-refractivity contribution in [3.63, 3.8) is 0 Å². The van der Waals surface area contributed by atoms with Crippen LogP contribution in [0.15, 0.2) is 103 Å². The fourth-order valence-electron chi connectivity index (χ4n) is 3.05. The van der Waals surface area contributed by atoms with Crippen LogP contribution in [0.3, 0.4) is 0 Å². The Morgan fingerprint density at radius 1 is 0.609 bits per heavy atom. The molecule has 0 unspecified atom stereocenters. The molecule has 23 heavy (non-hydrogen) atoms. The fraction of sp³-hybridized carbons (Fsp3) is 0. The van der Waals surface area contributed by atoms with Crippen LogP contribution in [0.2, 0.25) is 0 Å². The first-order valence-corrected chi connectivity index (χ1v) is 9.69. The van der Waals surface area contributed by atoms with Crippen molar-refractivity contribution in [2.45, 2.75) is 0 Å². The summed E-state index contributed by atoms with van der Waals surface area (Å²) in [6, 6.07) is 31.6. The van der Waals surface area contributed by atoms with E-state index in [1.165, 1.54) is 15.9 Å². The van der Waals surface area contributed by atoms with Crippen LogP contribution in [-0.2, 0) is 0 Å². The van der Waals surface area contributed by atoms with Crippen LogP contribution >= 0.6 is 7.26 Å². The summed E-state index contributed by atoms with van der Waals surface area (Å²) in [5.74, 6) is 2.13. The van der Waals surface area contributed by atoms with Crippen LogP contribution in [0.1, 0.15) is 0 Å². The van der Waals surface area contributed by atoms with Gasteiger partial charge >= 0.3 is 137 Å². The third-order valence-corrected chi connectivity index (χ3v) is 8.49. The van der Waals surface area contributed by atoms with Gasteiger partial charge in [0.25, 0.3) is 0 Å². The number of rotatable bonds is 5. The zero-order valence-electron chi connectivity index (χ0n) is 12.8. The molecule has 0 amide bonds. The van der Waals surface area contributed by atoms with E-state index in [1.54, 1.807) is 6.20 Å². The fourth-order valence-corrected chi connectivity index (χ4v) is 7.11. The van der Waals surface area contributed by atoms with E-state index in [9.17, 15) is 0 Å². The Hall–Kier alpha value is -2.41. The Morgan fingerprint density at radius 2 is 0.957 bits per heavy atom. The van der Waals surface area contributed by atoms with Crippen LogP contribution < -0.4 is 21.4 Å². The molecule has 0 spiro atoms. The Morgan fingerprint density at radius 3 is 1.26 bits per heavy atom. The van der Waals surface area contributed by atoms with Crippen LogP contribution in [0.4, 0.5) is 0 Å². The summed E-state index contributed by atoms with van der Waals surface area (Å²) in [4.78, 5) is 0. The van der Waals surface area contributed by atoms with Crippen molar-refractivity contribution in [1.82, 2.24) is 5.48 Å². The molecule has 116 valence electrons. The van der Waals surface area contributed by atoms with Gasteiger partial charge < -0.3 is 0 Å². The van der Waals surface area contributed by atoms with Gasteiger partial charge in [-0.25, -0.2) is 0 Å². The summed E-state index contributed by atoms with van der Waals surface area (Å²) in [7, 11) is -2.35. The van der Waals surface area contributed by atoms with E-state index >= 15 is 0 Å². The molecule has 0 saturated heterocycles. The molecule has 3 aromatic rings. The first-order valence-electron chi connectivity index (χ1n) is 7.62. The van der Waals surface area contributed by atoms with Crippen LogP contribution in [0.25, 0.3) is 0 Å². The average molecular weight is 321 g/mol. The number of nitrogens with one attached hydrogen (secondary N) is 1. The van der Waals surface area contributed by atoms with Crippen LogP contribution in [0, 0.1) is 0 Å². The molecular weight excluding hydrogens is 301 g/mol. The van der Waals surface area contributed by atoms with Crippen LogP contribution in [-0.4, -0.2) is 5.21 Å². The monoisotopic (exact) mass is 321 g/mol. The van der Waals surface area contributed by atoms with Crippen molar-refractivity contribution in [2.24, 2.45) is 0 Å². The molecule has 2 N–H and O–H groups in total. The van der Waals surface area contributed by atoms with E-state index in [-0.39, 0.29) is 0 Å². The second kappa shape index (κ2) is 7.23. The van der Waals surface area contributed by atoms with Gasteiger partial charge in [0.05, 0.1) is 0 Å². The summed E-state index contributed by atoms with van der Waals surface area (Å²) < 4.78 is 0. The second-order valence-electron chi connectivity index (χ2n) is 5.37. The molecule has 0 saturated carbocycles. The molecule has 0 bridgehead atoms. The SMILES string of the molecule is ONC=C[PH](c1ccccc1)(c1ccccc1)c1ccccc1. The topological polar surface area (TPSA) is 32.3 Å². The molecule has 0 heterocycles. The van der Waals surface area contributed by atoms with Crippen molar-refractivity contribution in [2.75, 3.05) is 0 Å². The molecule has 0 aliphatic carbocycles. The molecule has 0 atom stereocenters. The van der Waals surface area contributed by atoms with Crippen molar-refractivity contribution >= 4 is 23.2 Å². The van der Waals surface area contributed by atoms with E-state index in [1.807, 2.05) is 18.2 Å². The number of hydrogen-bond donors (Lipinski definition) is 2. The van der Waals surface area contributed by atoms with E-state index in [2.05, 4.69) is 84.1 Å². The Bertz CT molecular complexity index is 661. The van der Waals surface area contributed by atoms with Crippen LogP contribution in [0.5, 0.6) is 0 Å². The van der Waals surface area contributed by atoms with Gasteiger partial charge in [0.1, 0.15) is 0 Å². The quantitative estimate of drug-likeness (QED) is 0.559. The number of benzene rings is 3. The average Bonchev–Trinajstić information content (AvgIpc) is 2.65.